The number of nitrogens with two attached hydrogens (primary N) is 2. The van der Waals surface area contributed by atoms with Gasteiger partial charge in [-0.2, -0.15) is 0 Å². The summed E-state index contributed by atoms with van der Waals surface area (Å²) < 4.78 is 14.0. The van der Waals surface area contributed by atoms with Crippen LogP contribution in [-0.4, -0.2) is 6.54 Å². The van der Waals surface area contributed by atoms with Crippen LogP contribution in [0, 0.1) is 5.82 Å². The second-order valence-corrected chi connectivity index (χ2v) is 3.77. The predicted octanol–water partition coefficient (Wildman–Crippen LogP) is 2.36. The zero-order chi connectivity index (χ0) is 9.84. The van der Waals surface area contributed by atoms with E-state index in [1.54, 1.807) is 12.1 Å². The fourth-order valence-electron chi connectivity index (χ4n) is 1.14. The Morgan fingerprint density at radius 1 is 1.43 bits per heavy atom. The standard InChI is InChI=1S/C9H12BrFN2.ClH/c10-6-1-2-7(8(11)5-6)9(13)3-4-12;/h1-2,5,9H,3-4,12-13H2;1H/t9-;/m0./s1. The third kappa shape index (κ3) is 3.53. The smallest absolute Gasteiger partial charge is 0.129 e. The van der Waals surface area contributed by atoms with E-state index in [0.29, 0.717) is 23.0 Å². The molecule has 0 bridgehead atoms. The van der Waals surface area contributed by atoms with Crippen molar-refractivity contribution < 1.29 is 4.39 Å². The van der Waals surface area contributed by atoms with Gasteiger partial charge in [0.05, 0.1) is 0 Å². The zero-order valence-corrected chi connectivity index (χ0v) is 9.94. The maximum Gasteiger partial charge on any atom is 0.129 e. The minimum Gasteiger partial charge on any atom is -0.330 e. The molecule has 0 unspecified atom stereocenters. The monoisotopic (exact) mass is 282 g/mol. The molecule has 0 aliphatic carbocycles. The molecule has 0 saturated heterocycles. The van der Waals surface area contributed by atoms with Crippen molar-refractivity contribution in [3.63, 3.8) is 0 Å². The summed E-state index contributed by atoms with van der Waals surface area (Å²) in [5, 5.41) is 0. The molecule has 0 amide bonds. The Morgan fingerprint density at radius 2 is 2.07 bits per heavy atom. The highest BCUT2D eigenvalue weighted by atomic mass is 79.9. The van der Waals surface area contributed by atoms with Gasteiger partial charge < -0.3 is 11.5 Å². The summed E-state index contributed by atoms with van der Waals surface area (Å²) in [5.74, 6) is -0.282. The highest BCUT2D eigenvalue weighted by molar-refractivity contribution is 9.10. The van der Waals surface area contributed by atoms with Crippen molar-refractivity contribution in [2.24, 2.45) is 11.5 Å². The van der Waals surface area contributed by atoms with Gasteiger partial charge in [0.2, 0.25) is 0 Å². The summed E-state index contributed by atoms with van der Waals surface area (Å²) in [6.07, 6.45) is 0.596. The number of hydrogen-bond acceptors (Lipinski definition) is 2. The molecule has 0 heterocycles. The Kier molecular flexibility index (Phi) is 6.27. The molecule has 14 heavy (non-hydrogen) atoms. The van der Waals surface area contributed by atoms with E-state index in [9.17, 15) is 4.39 Å². The fourth-order valence-corrected chi connectivity index (χ4v) is 1.47. The Labute approximate surface area is 97.4 Å². The van der Waals surface area contributed by atoms with Crippen LogP contribution in [0.1, 0.15) is 18.0 Å². The van der Waals surface area contributed by atoms with Crippen LogP contribution in [0.4, 0.5) is 4.39 Å². The van der Waals surface area contributed by atoms with E-state index < -0.39 is 0 Å². The Bertz CT molecular complexity index is 296. The molecular formula is C9H13BrClFN2. The third-order valence-electron chi connectivity index (χ3n) is 1.84. The van der Waals surface area contributed by atoms with Gasteiger partial charge >= 0.3 is 0 Å². The van der Waals surface area contributed by atoms with E-state index in [1.807, 2.05) is 0 Å². The quantitative estimate of drug-likeness (QED) is 0.895. The summed E-state index contributed by atoms with van der Waals surface area (Å²) in [7, 11) is 0. The highest BCUT2D eigenvalue weighted by Crippen LogP contribution is 2.21. The van der Waals surface area contributed by atoms with Crippen LogP contribution in [0.25, 0.3) is 0 Å². The zero-order valence-electron chi connectivity index (χ0n) is 7.54. The molecule has 4 N–H and O–H groups in total. The van der Waals surface area contributed by atoms with Crippen molar-refractivity contribution in [3.05, 3.63) is 34.1 Å². The summed E-state index contributed by atoms with van der Waals surface area (Å²) in [6, 6.07) is 4.55. The number of rotatable bonds is 3. The molecule has 0 aliphatic rings. The van der Waals surface area contributed by atoms with Crippen molar-refractivity contribution in [2.75, 3.05) is 6.54 Å². The number of hydrogen-bond donors (Lipinski definition) is 2. The van der Waals surface area contributed by atoms with Crippen molar-refractivity contribution in [1.82, 2.24) is 0 Å². The molecule has 1 rings (SSSR count). The first-order valence-electron chi connectivity index (χ1n) is 4.05. The Morgan fingerprint density at radius 3 is 2.57 bits per heavy atom. The summed E-state index contributed by atoms with van der Waals surface area (Å²) in [4.78, 5) is 0. The van der Waals surface area contributed by atoms with Crippen LogP contribution in [0.3, 0.4) is 0 Å². The molecule has 0 aliphatic heterocycles. The fraction of sp³-hybridized carbons (Fsp3) is 0.333. The topological polar surface area (TPSA) is 52.0 Å². The molecule has 0 aromatic heterocycles. The van der Waals surface area contributed by atoms with Crippen LogP contribution < -0.4 is 11.5 Å². The molecule has 1 aromatic rings. The molecule has 0 radical (unpaired) electrons. The number of halogens is 3. The van der Waals surface area contributed by atoms with Crippen molar-refractivity contribution in [1.29, 1.82) is 0 Å². The molecule has 1 atom stereocenters. The van der Waals surface area contributed by atoms with Gasteiger partial charge in [-0.3, -0.25) is 0 Å². The van der Waals surface area contributed by atoms with Gasteiger partial charge in [-0.25, -0.2) is 4.39 Å². The molecular weight excluding hydrogens is 270 g/mol. The summed E-state index contributed by atoms with van der Waals surface area (Å²) in [6.45, 7) is 0.469. The summed E-state index contributed by atoms with van der Waals surface area (Å²) >= 11 is 3.18. The lowest BCUT2D eigenvalue weighted by Crippen LogP contribution is -2.16. The normalized spacial score (nSPS) is 12.0. The molecule has 0 spiro atoms. The average molecular weight is 284 g/mol. The highest BCUT2D eigenvalue weighted by Gasteiger charge is 2.10. The van der Waals surface area contributed by atoms with Crippen molar-refractivity contribution in [2.45, 2.75) is 12.5 Å². The van der Waals surface area contributed by atoms with Crippen LogP contribution >= 0.6 is 28.3 Å². The van der Waals surface area contributed by atoms with Crippen molar-refractivity contribution >= 4 is 28.3 Å². The molecule has 5 heteroatoms. The van der Waals surface area contributed by atoms with Crippen LogP contribution in [0.5, 0.6) is 0 Å². The molecule has 2 nitrogen and oxygen atoms in total. The van der Waals surface area contributed by atoms with E-state index in [4.69, 9.17) is 11.5 Å². The van der Waals surface area contributed by atoms with E-state index >= 15 is 0 Å². The lowest BCUT2D eigenvalue weighted by molar-refractivity contribution is 0.566. The van der Waals surface area contributed by atoms with Gasteiger partial charge in [-0.1, -0.05) is 22.0 Å². The van der Waals surface area contributed by atoms with E-state index in [2.05, 4.69) is 15.9 Å². The Hall–Kier alpha value is -0.160. The SMILES string of the molecule is Cl.NCC[C@H](N)c1ccc(Br)cc1F. The van der Waals surface area contributed by atoms with Gasteiger partial charge in [-0.15, -0.1) is 12.4 Å². The van der Waals surface area contributed by atoms with Crippen LogP contribution in [-0.2, 0) is 0 Å². The first kappa shape index (κ1) is 13.8. The molecule has 80 valence electrons. The average Bonchev–Trinajstić information content (AvgIpc) is 2.04. The minimum atomic E-state index is -0.307. The molecule has 1 aromatic carbocycles. The maximum atomic E-state index is 13.3. The van der Waals surface area contributed by atoms with Gasteiger partial charge in [0.15, 0.2) is 0 Å². The largest absolute Gasteiger partial charge is 0.330 e. The van der Waals surface area contributed by atoms with Gasteiger partial charge in [0.1, 0.15) is 5.82 Å². The van der Waals surface area contributed by atoms with Gasteiger partial charge in [0, 0.05) is 16.1 Å². The molecule has 0 fully saturated rings. The lowest BCUT2D eigenvalue weighted by atomic mass is 10.0. The first-order valence-corrected chi connectivity index (χ1v) is 4.85. The van der Waals surface area contributed by atoms with Crippen LogP contribution in [0.15, 0.2) is 22.7 Å². The lowest BCUT2D eigenvalue weighted by Gasteiger charge is -2.11. The minimum absolute atomic E-state index is 0. The third-order valence-corrected chi connectivity index (χ3v) is 2.33. The van der Waals surface area contributed by atoms with E-state index in [0.717, 1.165) is 0 Å². The molecule has 0 saturated carbocycles. The Balaban J connectivity index is 0.00000169. The van der Waals surface area contributed by atoms with Crippen LogP contribution in [0.2, 0.25) is 0 Å². The summed E-state index contributed by atoms with van der Waals surface area (Å²) in [5.41, 5.74) is 11.6. The van der Waals surface area contributed by atoms with Crippen molar-refractivity contribution in [3.8, 4) is 0 Å². The first-order chi connectivity index (χ1) is 6.15. The van der Waals surface area contributed by atoms with Gasteiger partial charge in [0.25, 0.3) is 0 Å². The van der Waals surface area contributed by atoms with E-state index in [-0.39, 0.29) is 24.3 Å². The number of benzene rings is 1. The predicted molar refractivity (Wildman–Crippen MR) is 61.9 cm³/mol. The van der Waals surface area contributed by atoms with E-state index in [1.165, 1.54) is 6.07 Å². The van der Waals surface area contributed by atoms with Gasteiger partial charge in [-0.05, 0) is 25.1 Å². The second-order valence-electron chi connectivity index (χ2n) is 2.85. The maximum absolute atomic E-state index is 13.3. The second kappa shape index (κ2) is 6.35.